The number of hydrogen-bond donors (Lipinski definition) is 2. The van der Waals surface area contributed by atoms with Crippen molar-refractivity contribution in [3.8, 4) is 0 Å². The normalized spacial score (nSPS) is 25.3. The second-order valence-electron chi connectivity index (χ2n) is 4.80. The Labute approximate surface area is 116 Å². The molecule has 2 aliphatic rings. The Bertz CT molecular complexity index is 510. The zero-order valence-electron chi connectivity index (χ0n) is 11.2. The van der Waals surface area contributed by atoms with E-state index in [0.717, 1.165) is 0 Å². The number of nitrogens with zero attached hydrogens (tertiary/aromatic N) is 2. The molecule has 0 fully saturated rings. The van der Waals surface area contributed by atoms with Crippen molar-refractivity contribution in [2.45, 2.75) is 12.1 Å². The first kappa shape index (κ1) is 13.9. The van der Waals surface area contributed by atoms with Gasteiger partial charge in [0.25, 0.3) is 0 Å². The highest BCUT2D eigenvalue weighted by atomic mass is 16.4. The molecule has 2 unspecified atom stereocenters. The van der Waals surface area contributed by atoms with Crippen LogP contribution in [0.1, 0.15) is 0 Å². The average molecular weight is 276 g/mol. The lowest BCUT2D eigenvalue weighted by molar-refractivity contribution is -0.133. The molecule has 0 aromatic heterocycles. The van der Waals surface area contributed by atoms with Crippen LogP contribution in [0.4, 0.5) is 0 Å². The lowest BCUT2D eigenvalue weighted by Gasteiger charge is -2.38. The van der Waals surface area contributed by atoms with Crippen molar-refractivity contribution in [1.82, 2.24) is 9.80 Å². The maximum Gasteiger partial charge on any atom is 0.335 e. The number of carbonyl (C=O) groups is 2. The van der Waals surface area contributed by atoms with Gasteiger partial charge in [-0.3, -0.25) is 0 Å². The summed E-state index contributed by atoms with van der Waals surface area (Å²) in [7, 11) is 3.66. The second kappa shape index (κ2) is 5.24. The summed E-state index contributed by atoms with van der Waals surface area (Å²) < 4.78 is 0. The van der Waals surface area contributed by atoms with E-state index in [4.69, 9.17) is 10.2 Å². The van der Waals surface area contributed by atoms with Gasteiger partial charge in [0.1, 0.15) is 0 Å². The number of aliphatic carboxylic acids is 2. The van der Waals surface area contributed by atoms with E-state index >= 15 is 0 Å². The minimum atomic E-state index is -0.990. The third-order valence-electron chi connectivity index (χ3n) is 3.46. The first-order chi connectivity index (χ1) is 9.40. The molecule has 106 valence electrons. The summed E-state index contributed by atoms with van der Waals surface area (Å²) in [6.45, 7) is 0. The molecule has 0 saturated heterocycles. The third kappa shape index (κ3) is 2.59. The molecule has 0 aromatic rings. The maximum atomic E-state index is 11.1. The van der Waals surface area contributed by atoms with E-state index in [2.05, 4.69) is 0 Å². The molecule has 0 bridgehead atoms. The van der Waals surface area contributed by atoms with Gasteiger partial charge in [-0.05, 0) is 24.3 Å². The van der Waals surface area contributed by atoms with Crippen LogP contribution in [0.2, 0.25) is 0 Å². The van der Waals surface area contributed by atoms with Crippen LogP contribution in [0.3, 0.4) is 0 Å². The summed E-state index contributed by atoms with van der Waals surface area (Å²) in [6.07, 6.45) is 9.71. The molecule has 0 amide bonds. The molecular formula is C14H16N2O4. The topological polar surface area (TPSA) is 81.1 Å². The van der Waals surface area contributed by atoms with Crippen LogP contribution in [0.15, 0.2) is 47.9 Å². The van der Waals surface area contributed by atoms with Crippen LogP contribution in [0, 0.1) is 0 Å². The smallest absolute Gasteiger partial charge is 0.335 e. The minimum absolute atomic E-state index is 0.210. The van der Waals surface area contributed by atoms with Crippen molar-refractivity contribution >= 4 is 11.9 Å². The number of hydrogen-bond acceptors (Lipinski definition) is 4. The van der Waals surface area contributed by atoms with E-state index in [0.29, 0.717) is 0 Å². The van der Waals surface area contributed by atoms with Crippen LogP contribution < -0.4 is 0 Å². The standard InChI is InChI=1S/C14H16N2O4/c1-15-5-3-9(13(17)18)7-11(15)12-8-10(14(19)20)4-6-16(12)2/h3-8,11-12H,1-2H3,(H,17,18)(H,19,20). The van der Waals surface area contributed by atoms with Crippen LogP contribution in [0.5, 0.6) is 0 Å². The Morgan fingerprint density at radius 1 is 0.900 bits per heavy atom. The monoisotopic (exact) mass is 276 g/mol. The molecule has 6 nitrogen and oxygen atoms in total. The predicted octanol–water partition coefficient (Wildman–Crippen LogP) is 0.664. The van der Waals surface area contributed by atoms with E-state index in [1.807, 2.05) is 23.9 Å². The fourth-order valence-corrected chi connectivity index (χ4v) is 2.27. The minimum Gasteiger partial charge on any atom is -0.478 e. The zero-order valence-corrected chi connectivity index (χ0v) is 11.2. The van der Waals surface area contributed by atoms with Gasteiger partial charge in [-0.1, -0.05) is 0 Å². The highest BCUT2D eigenvalue weighted by molar-refractivity contribution is 5.91. The van der Waals surface area contributed by atoms with Crippen molar-refractivity contribution in [3.63, 3.8) is 0 Å². The summed E-state index contributed by atoms with van der Waals surface area (Å²) in [5, 5.41) is 18.1. The first-order valence-corrected chi connectivity index (χ1v) is 6.10. The van der Waals surface area contributed by atoms with Crippen molar-refractivity contribution in [2.75, 3.05) is 14.1 Å². The SMILES string of the molecule is CN1C=CC(C(=O)O)=CC1C1C=C(C(=O)O)C=CN1C. The average Bonchev–Trinajstić information content (AvgIpc) is 2.39. The first-order valence-electron chi connectivity index (χ1n) is 6.10. The van der Waals surface area contributed by atoms with E-state index < -0.39 is 11.9 Å². The lowest BCUT2D eigenvalue weighted by Crippen LogP contribution is -2.46. The Balaban J connectivity index is 2.34. The molecule has 0 radical (unpaired) electrons. The van der Waals surface area contributed by atoms with Gasteiger partial charge in [0, 0.05) is 26.5 Å². The summed E-state index contributed by atoms with van der Waals surface area (Å²) in [6, 6.07) is -0.481. The molecule has 0 saturated carbocycles. The van der Waals surface area contributed by atoms with E-state index in [9.17, 15) is 9.59 Å². The van der Waals surface area contributed by atoms with Gasteiger partial charge in [0.15, 0.2) is 0 Å². The molecule has 0 aliphatic carbocycles. The molecular weight excluding hydrogens is 260 g/mol. The van der Waals surface area contributed by atoms with Crippen molar-refractivity contribution in [3.05, 3.63) is 47.9 Å². The van der Waals surface area contributed by atoms with Crippen molar-refractivity contribution in [2.24, 2.45) is 0 Å². The molecule has 6 heteroatoms. The van der Waals surface area contributed by atoms with Gasteiger partial charge < -0.3 is 20.0 Å². The van der Waals surface area contributed by atoms with Gasteiger partial charge in [-0.2, -0.15) is 0 Å². The Hall–Kier alpha value is -2.50. The van der Waals surface area contributed by atoms with Gasteiger partial charge in [-0.25, -0.2) is 9.59 Å². The molecule has 2 heterocycles. The van der Waals surface area contributed by atoms with E-state index in [1.165, 1.54) is 12.2 Å². The van der Waals surface area contributed by atoms with E-state index in [-0.39, 0.29) is 23.2 Å². The Morgan fingerprint density at radius 3 is 1.55 bits per heavy atom. The van der Waals surface area contributed by atoms with Gasteiger partial charge in [0.2, 0.25) is 0 Å². The molecule has 2 atom stereocenters. The van der Waals surface area contributed by atoms with Crippen molar-refractivity contribution in [1.29, 1.82) is 0 Å². The van der Waals surface area contributed by atoms with Crippen LogP contribution in [0.25, 0.3) is 0 Å². The molecule has 20 heavy (non-hydrogen) atoms. The zero-order chi connectivity index (χ0) is 14.9. The Morgan fingerprint density at radius 2 is 1.25 bits per heavy atom. The quantitative estimate of drug-likeness (QED) is 0.788. The fraction of sp³-hybridized carbons (Fsp3) is 0.286. The van der Waals surface area contributed by atoms with Crippen LogP contribution >= 0.6 is 0 Å². The number of likely N-dealkylation sites (N-methyl/N-ethyl adjacent to an activating group) is 2. The van der Waals surface area contributed by atoms with Gasteiger partial charge in [-0.15, -0.1) is 0 Å². The molecule has 0 aromatic carbocycles. The fourth-order valence-electron chi connectivity index (χ4n) is 2.27. The number of carboxylic acids is 2. The number of rotatable bonds is 3. The molecule has 2 rings (SSSR count). The summed E-state index contributed by atoms with van der Waals surface area (Å²) in [5.74, 6) is -1.98. The highest BCUT2D eigenvalue weighted by Gasteiger charge is 2.29. The highest BCUT2D eigenvalue weighted by Crippen LogP contribution is 2.23. The van der Waals surface area contributed by atoms with Crippen LogP contribution in [-0.4, -0.2) is 58.1 Å². The second-order valence-corrected chi connectivity index (χ2v) is 4.80. The summed E-state index contributed by atoms with van der Waals surface area (Å²) >= 11 is 0. The Kier molecular flexibility index (Phi) is 3.65. The maximum absolute atomic E-state index is 11.1. The van der Waals surface area contributed by atoms with E-state index in [1.54, 1.807) is 24.6 Å². The number of carboxylic acid groups (broad SMARTS) is 2. The largest absolute Gasteiger partial charge is 0.478 e. The summed E-state index contributed by atoms with van der Waals surface area (Å²) in [5.41, 5.74) is 0.419. The molecule has 2 N–H and O–H groups in total. The van der Waals surface area contributed by atoms with Gasteiger partial charge >= 0.3 is 11.9 Å². The third-order valence-corrected chi connectivity index (χ3v) is 3.46. The van der Waals surface area contributed by atoms with Crippen molar-refractivity contribution < 1.29 is 19.8 Å². The van der Waals surface area contributed by atoms with Gasteiger partial charge in [0.05, 0.1) is 23.2 Å². The molecule has 0 spiro atoms. The van der Waals surface area contributed by atoms with Crippen LogP contribution in [-0.2, 0) is 9.59 Å². The summed E-state index contributed by atoms with van der Waals surface area (Å²) in [4.78, 5) is 25.9. The molecule has 2 aliphatic heterocycles. The predicted molar refractivity (Wildman–Crippen MR) is 72.8 cm³/mol. The lowest BCUT2D eigenvalue weighted by atomic mass is 9.96.